The average molecular weight is 338 g/mol. The molecule has 1 fully saturated rings. The predicted octanol–water partition coefficient (Wildman–Crippen LogP) is 2.47. The summed E-state index contributed by atoms with van der Waals surface area (Å²) in [4.78, 5) is 6.67. The van der Waals surface area contributed by atoms with Gasteiger partial charge < -0.3 is 15.4 Å². The molecule has 2 heterocycles. The monoisotopic (exact) mass is 337 g/mol. The van der Waals surface area contributed by atoms with Crippen LogP contribution < -0.4 is 5.73 Å². The standard InChI is InChI=1S/C15H20BrN3O/c1-15(11-4-2-5-12(16)8-11)10-18-14(17)19(15)9-13-6-3-7-20-13/h2,4-5,8,13H,3,6-7,9-10H2,1H3,(H2,17,18). The summed E-state index contributed by atoms with van der Waals surface area (Å²) in [6, 6.07) is 8.39. The Hall–Kier alpha value is -1.07. The van der Waals surface area contributed by atoms with E-state index in [4.69, 9.17) is 10.5 Å². The zero-order chi connectivity index (χ0) is 14.2. The molecule has 1 saturated heterocycles. The molecule has 0 aromatic heterocycles. The van der Waals surface area contributed by atoms with Gasteiger partial charge in [-0.1, -0.05) is 28.1 Å². The van der Waals surface area contributed by atoms with Crippen molar-refractivity contribution < 1.29 is 4.74 Å². The van der Waals surface area contributed by atoms with Gasteiger partial charge in [0.2, 0.25) is 0 Å². The first kappa shape index (κ1) is 13.9. The van der Waals surface area contributed by atoms with Crippen molar-refractivity contribution in [3.8, 4) is 0 Å². The highest BCUT2D eigenvalue weighted by Crippen LogP contribution is 2.34. The van der Waals surface area contributed by atoms with Crippen molar-refractivity contribution in [2.24, 2.45) is 10.7 Å². The zero-order valence-electron chi connectivity index (χ0n) is 11.7. The summed E-state index contributed by atoms with van der Waals surface area (Å²) in [6.07, 6.45) is 2.52. The van der Waals surface area contributed by atoms with Gasteiger partial charge in [-0.2, -0.15) is 0 Å². The first-order chi connectivity index (χ1) is 9.59. The van der Waals surface area contributed by atoms with E-state index in [0.29, 0.717) is 12.5 Å². The molecule has 0 aliphatic carbocycles. The van der Waals surface area contributed by atoms with E-state index in [1.165, 1.54) is 5.56 Å². The summed E-state index contributed by atoms with van der Waals surface area (Å²) >= 11 is 3.54. The van der Waals surface area contributed by atoms with Crippen molar-refractivity contribution in [3.63, 3.8) is 0 Å². The SMILES string of the molecule is CC1(c2cccc(Br)c2)CN=C(N)N1CC1CCCO1. The second-order valence-electron chi connectivity index (χ2n) is 5.70. The van der Waals surface area contributed by atoms with Gasteiger partial charge in [-0.15, -0.1) is 0 Å². The summed E-state index contributed by atoms with van der Waals surface area (Å²) in [5.74, 6) is 0.628. The molecule has 0 amide bonds. The zero-order valence-corrected chi connectivity index (χ0v) is 13.3. The molecule has 1 aromatic rings. The van der Waals surface area contributed by atoms with E-state index in [0.717, 1.165) is 30.5 Å². The van der Waals surface area contributed by atoms with Crippen molar-refractivity contribution in [2.75, 3.05) is 19.7 Å². The Balaban J connectivity index is 1.86. The van der Waals surface area contributed by atoms with Crippen LogP contribution in [-0.2, 0) is 10.3 Å². The van der Waals surface area contributed by atoms with E-state index in [1.807, 2.05) is 6.07 Å². The number of hydrogen-bond acceptors (Lipinski definition) is 4. The Labute approximate surface area is 128 Å². The van der Waals surface area contributed by atoms with Gasteiger partial charge in [0.05, 0.1) is 18.2 Å². The van der Waals surface area contributed by atoms with Gasteiger partial charge in [0.15, 0.2) is 5.96 Å². The molecule has 3 rings (SSSR count). The van der Waals surface area contributed by atoms with Crippen molar-refractivity contribution >= 4 is 21.9 Å². The van der Waals surface area contributed by atoms with Crippen LogP contribution >= 0.6 is 15.9 Å². The lowest BCUT2D eigenvalue weighted by Gasteiger charge is -2.38. The smallest absolute Gasteiger partial charge is 0.192 e. The van der Waals surface area contributed by atoms with Crippen LogP contribution in [0, 0.1) is 0 Å². The molecule has 0 spiro atoms. The number of guanidine groups is 1. The van der Waals surface area contributed by atoms with Crippen LogP contribution in [0.1, 0.15) is 25.3 Å². The highest BCUT2D eigenvalue weighted by molar-refractivity contribution is 9.10. The Kier molecular flexibility index (Phi) is 3.73. The molecule has 2 unspecified atom stereocenters. The number of nitrogens with two attached hydrogens (primary N) is 1. The number of rotatable bonds is 3. The van der Waals surface area contributed by atoms with Crippen LogP contribution in [0.4, 0.5) is 0 Å². The van der Waals surface area contributed by atoms with Gasteiger partial charge in [0.25, 0.3) is 0 Å². The van der Waals surface area contributed by atoms with Crippen molar-refractivity contribution in [3.05, 3.63) is 34.3 Å². The normalized spacial score (nSPS) is 29.8. The minimum atomic E-state index is -0.181. The molecular weight excluding hydrogens is 318 g/mol. The fraction of sp³-hybridized carbons (Fsp3) is 0.533. The molecule has 108 valence electrons. The fourth-order valence-electron chi connectivity index (χ4n) is 3.02. The number of halogens is 1. The van der Waals surface area contributed by atoms with Crippen LogP contribution in [0.25, 0.3) is 0 Å². The number of hydrogen-bond donors (Lipinski definition) is 1. The third-order valence-corrected chi connectivity index (χ3v) is 4.77. The maximum absolute atomic E-state index is 6.12. The van der Waals surface area contributed by atoms with Gasteiger partial charge in [0.1, 0.15) is 0 Å². The summed E-state index contributed by atoms with van der Waals surface area (Å²) in [6.45, 7) is 4.58. The Morgan fingerprint density at radius 3 is 3.10 bits per heavy atom. The molecule has 1 aromatic carbocycles. The van der Waals surface area contributed by atoms with E-state index in [-0.39, 0.29) is 11.6 Å². The molecule has 2 aliphatic heterocycles. The maximum atomic E-state index is 6.12. The average Bonchev–Trinajstić information content (AvgIpc) is 3.03. The van der Waals surface area contributed by atoms with Crippen LogP contribution in [0.5, 0.6) is 0 Å². The van der Waals surface area contributed by atoms with E-state index in [1.54, 1.807) is 0 Å². The second-order valence-corrected chi connectivity index (χ2v) is 6.62. The molecule has 20 heavy (non-hydrogen) atoms. The third kappa shape index (κ3) is 2.44. The molecule has 5 heteroatoms. The molecule has 2 N–H and O–H groups in total. The molecule has 2 atom stereocenters. The third-order valence-electron chi connectivity index (χ3n) is 4.28. The molecule has 0 saturated carbocycles. The summed E-state index contributed by atoms with van der Waals surface area (Å²) in [5, 5.41) is 0. The van der Waals surface area contributed by atoms with Gasteiger partial charge >= 0.3 is 0 Å². The number of benzene rings is 1. The molecule has 0 radical (unpaired) electrons. The maximum Gasteiger partial charge on any atom is 0.192 e. The lowest BCUT2D eigenvalue weighted by atomic mass is 9.91. The van der Waals surface area contributed by atoms with E-state index >= 15 is 0 Å². The molecule has 4 nitrogen and oxygen atoms in total. The molecule has 2 aliphatic rings. The number of nitrogens with zero attached hydrogens (tertiary/aromatic N) is 2. The Bertz CT molecular complexity index is 528. The first-order valence-electron chi connectivity index (χ1n) is 7.05. The number of ether oxygens (including phenoxy) is 1. The fourth-order valence-corrected chi connectivity index (χ4v) is 3.42. The lowest BCUT2D eigenvalue weighted by Crippen LogP contribution is -2.50. The predicted molar refractivity (Wildman–Crippen MR) is 83.7 cm³/mol. The minimum absolute atomic E-state index is 0.181. The van der Waals surface area contributed by atoms with Crippen molar-refractivity contribution in [1.29, 1.82) is 0 Å². The Morgan fingerprint density at radius 1 is 1.55 bits per heavy atom. The first-order valence-corrected chi connectivity index (χ1v) is 7.84. The quantitative estimate of drug-likeness (QED) is 0.921. The highest BCUT2D eigenvalue weighted by atomic mass is 79.9. The van der Waals surface area contributed by atoms with Crippen molar-refractivity contribution in [2.45, 2.75) is 31.4 Å². The van der Waals surface area contributed by atoms with Crippen LogP contribution in [0.3, 0.4) is 0 Å². The van der Waals surface area contributed by atoms with Crippen LogP contribution in [-0.4, -0.2) is 36.7 Å². The van der Waals surface area contributed by atoms with Crippen molar-refractivity contribution in [1.82, 2.24) is 4.90 Å². The summed E-state index contributed by atoms with van der Waals surface area (Å²) in [7, 11) is 0. The largest absolute Gasteiger partial charge is 0.376 e. The molecule has 0 bridgehead atoms. The van der Waals surface area contributed by atoms with Crippen LogP contribution in [0.15, 0.2) is 33.7 Å². The minimum Gasteiger partial charge on any atom is -0.376 e. The summed E-state index contributed by atoms with van der Waals surface area (Å²) in [5.41, 5.74) is 7.17. The van der Waals surface area contributed by atoms with E-state index in [9.17, 15) is 0 Å². The van der Waals surface area contributed by atoms with E-state index < -0.39 is 0 Å². The van der Waals surface area contributed by atoms with E-state index in [2.05, 4.69) is 50.9 Å². The highest BCUT2D eigenvalue weighted by Gasteiger charge is 2.41. The Morgan fingerprint density at radius 2 is 2.40 bits per heavy atom. The van der Waals surface area contributed by atoms with Crippen LogP contribution in [0.2, 0.25) is 0 Å². The van der Waals surface area contributed by atoms with Gasteiger partial charge in [-0.25, -0.2) is 0 Å². The van der Waals surface area contributed by atoms with Gasteiger partial charge in [-0.3, -0.25) is 4.99 Å². The topological polar surface area (TPSA) is 50.8 Å². The number of aliphatic imine (C=N–C) groups is 1. The molecular formula is C15H20BrN3O. The van der Waals surface area contributed by atoms with Gasteiger partial charge in [0, 0.05) is 17.6 Å². The van der Waals surface area contributed by atoms with Gasteiger partial charge in [-0.05, 0) is 37.5 Å². The summed E-state index contributed by atoms with van der Waals surface area (Å²) < 4.78 is 6.84. The lowest BCUT2D eigenvalue weighted by molar-refractivity contribution is 0.0690. The second kappa shape index (κ2) is 5.37.